The van der Waals surface area contributed by atoms with Crippen molar-refractivity contribution in [1.29, 1.82) is 0 Å². The van der Waals surface area contributed by atoms with Crippen LogP contribution in [0.1, 0.15) is 34.0 Å². The first-order chi connectivity index (χ1) is 15.7. The van der Waals surface area contributed by atoms with Crippen LogP contribution in [0.5, 0.6) is 0 Å². The van der Waals surface area contributed by atoms with Gasteiger partial charge in [0, 0.05) is 30.3 Å². The number of hydrogen-bond acceptors (Lipinski definition) is 5. The molecule has 2 atom stereocenters. The summed E-state index contributed by atoms with van der Waals surface area (Å²) in [7, 11) is 0.974. The first kappa shape index (κ1) is 25.5. The van der Waals surface area contributed by atoms with Crippen LogP contribution in [0, 0.1) is 23.7 Å². The molecule has 33 heavy (non-hydrogen) atoms. The van der Waals surface area contributed by atoms with Gasteiger partial charge in [-0.05, 0) is 60.7 Å². The SMILES string of the molecule is COC(C)(C(F)F)[C@H](NC(=O)c1ccc(C#CC#Cc2ccc(CN)cc2)cc1)C(=O)NO. The first-order valence-corrected chi connectivity index (χ1v) is 9.74. The number of methoxy groups -OCH3 is 1. The fourth-order valence-corrected chi connectivity index (χ4v) is 2.72. The van der Waals surface area contributed by atoms with Crippen LogP contribution in [0.2, 0.25) is 0 Å². The number of alkyl halides is 2. The number of amides is 2. The van der Waals surface area contributed by atoms with Gasteiger partial charge >= 0.3 is 0 Å². The van der Waals surface area contributed by atoms with Crippen molar-refractivity contribution in [1.82, 2.24) is 10.8 Å². The van der Waals surface area contributed by atoms with E-state index in [1.54, 1.807) is 12.1 Å². The van der Waals surface area contributed by atoms with E-state index < -0.39 is 29.9 Å². The van der Waals surface area contributed by atoms with Gasteiger partial charge in [-0.1, -0.05) is 24.0 Å². The van der Waals surface area contributed by atoms with Gasteiger partial charge in [-0.25, -0.2) is 14.3 Å². The summed E-state index contributed by atoms with van der Waals surface area (Å²) < 4.78 is 31.7. The number of benzene rings is 2. The molecule has 2 aromatic rings. The number of hydrogen-bond donors (Lipinski definition) is 4. The highest BCUT2D eigenvalue weighted by Gasteiger charge is 2.48. The minimum atomic E-state index is -3.12. The molecule has 7 nitrogen and oxygen atoms in total. The van der Waals surface area contributed by atoms with E-state index in [0.29, 0.717) is 12.1 Å². The van der Waals surface area contributed by atoms with E-state index in [0.717, 1.165) is 25.2 Å². The molecule has 0 aromatic heterocycles. The molecule has 172 valence electrons. The lowest BCUT2D eigenvalue weighted by Crippen LogP contribution is -2.62. The number of carbonyl (C=O) groups is 2. The smallest absolute Gasteiger partial charge is 0.269 e. The topological polar surface area (TPSA) is 114 Å². The van der Waals surface area contributed by atoms with Crippen molar-refractivity contribution in [3.8, 4) is 23.7 Å². The molecule has 1 unspecified atom stereocenters. The van der Waals surface area contributed by atoms with Crippen LogP contribution in [0.3, 0.4) is 0 Å². The highest BCUT2D eigenvalue weighted by molar-refractivity contribution is 5.97. The summed E-state index contributed by atoms with van der Waals surface area (Å²) in [6, 6.07) is 11.5. The molecule has 0 fully saturated rings. The van der Waals surface area contributed by atoms with Crippen LogP contribution in [-0.2, 0) is 16.1 Å². The van der Waals surface area contributed by atoms with Crippen LogP contribution >= 0.6 is 0 Å². The molecule has 2 aromatic carbocycles. The number of carbonyl (C=O) groups excluding carboxylic acids is 2. The zero-order chi connectivity index (χ0) is 24.4. The van der Waals surface area contributed by atoms with Crippen molar-refractivity contribution < 1.29 is 28.3 Å². The Labute approximate surface area is 190 Å². The van der Waals surface area contributed by atoms with Gasteiger partial charge in [-0.2, -0.15) is 0 Å². The summed E-state index contributed by atoms with van der Waals surface area (Å²) in [6.45, 7) is 1.40. The predicted molar refractivity (Wildman–Crippen MR) is 117 cm³/mol. The molecule has 0 aliphatic heterocycles. The Kier molecular flexibility index (Phi) is 9.08. The van der Waals surface area contributed by atoms with Crippen LogP contribution < -0.4 is 16.5 Å². The number of nitrogens with two attached hydrogens (primary N) is 1. The molecule has 0 spiro atoms. The van der Waals surface area contributed by atoms with Crippen molar-refractivity contribution in [3.05, 3.63) is 70.8 Å². The minimum Gasteiger partial charge on any atom is -0.370 e. The molecule has 0 bridgehead atoms. The maximum atomic E-state index is 13.5. The second-order valence-electron chi connectivity index (χ2n) is 7.05. The lowest BCUT2D eigenvalue weighted by molar-refractivity contribution is -0.157. The Morgan fingerprint density at radius 2 is 1.58 bits per heavy atom. The van der Waals surface area contributed by atoms with Crippen LogP contribution in [-0.4, -0.2) is 42.2 Å². The van der Waals surface area contributed by atoms with E-state index in [1.165, 1.54) is 17.6 Å². The molecule has 0 aliphatic carbocycles. The lowest BCUT2D eigenvalue weighted by Gasteiger charge is -2.34. The van der Waals surface area contributed by atoms with E-state index >= 15 is 0 Å². The number of hydroxylamine groups is 1. The third-order valence-electron chi connectivity index (χ3n) is 4.91. The van der Waals surface area contributed by atoms with Gasteiger partial charge in [-0.15, -0.1) is 0 Å². The molecule has 5 N–H and O–H groups in total. The average Bonchev–Trinajstić information content (AvgIpc) is 2.84. The second kappa shape index (κ2) is 11.7. The Balaban J connectivity index is 2.11. The summed E-state index contributed by atoms with van der Waals surface area (Å²) in [4.78, 5) is 24.4. The number of halogens is 2. The second-order valence-corrected chi connectivity index (χ2v) is 7.05. The Morgan fingerprint density at radius 1 is 1.06 bits per heavy atom. The van der Waals surface area contributed by atoms with E-state index in [-0.39, 0.29) is 5.56 Å². The number of ether oxygens (including phenoxy) is 1. The quantitative estimate of drug-likeness (QED) is 0.289. The maximum absolute atomic E-state index is 13.5. The van der Waals surface area contributed by atoms with Crippen molar-refractivity contribution in [2.45, 2.75) is 31.5 Å². The van der Waals surface area contributed by atoms with Crippen LogP contribution in [0.4, 0.5) is 8.78 Å². The number of nitrogens with one attached hydrogen (secondary N) is 2. The zero-order valence-electron chi connectivity index (χ0n) is 18.0. The lowest BCUT2D eigenvalue weighted by atomic mass is 9.95. The Morgan fingerprint density at radius 3 is 2.00 bits per heavy atom. The Hall–Kier alpha value is -3.76. The molecule has 0 radical (unpaired) electrons. The van der Waals surface area contributed by atoms with Gasteiger partial charge in [0.25, 0.3) is 18.2 Å². The van der Waals surface area contributed by atoms with E-state index in [1.807, 2.05) is 24.3 Å². The van der Waals surface area contributed by atoms with E-state index in [9.17, 15) is 18.4 Å². The van der Waals surface area contributed by atoms with Gasteiger partial charge in [0.15, 0.2) is 5.60 Å². The van der Waals surface area contributed by atoms with Gasteiger partial charge in [0.1, 0.15) is 6.04 Å². The first-order valence-electron chi connectivity index (χ1n) is 9.74. The summed E-state index contributed by atoms with van der Waals surface area (Å²) >= 11 is 0. The number of rotatable bonds is 7. The summed E-state index contributed by atoms with van der Waals surface area (Å²) in [5, 5.41) is 11.1. The van der Waals surface area contributed by atoms with Gasteiger partial charge in [0.05, 0.1) is 0 Å². The highest BCUT2D eigenvalue weighted by Crippen LogP contribution is 2.24. The molecule has 9 heteroatoms. The van der Waals surface area contributed by atoms with Crippen molar-refractivity contribution in [2.24, 2.45) is 5.73 Å². The zero-order valence-corrected chi connectivity index (χ0v) is 18.0. The third-order valence-corrected chi connectivity index (χ3v) is 4.91. The molecular weight excluding hydrogens is 432 g/mol. The molecule has 0 saturated heterocycles. The highest BCUT2D eigenvalue weighted by atomic mass is 19.3. The van der Waals surface area contributed by atoms with Gasteiger partial charge in [0.2, 0.25) is 0 Å². The van der Waals surface area contributed by atoms with Crippen molar-refractivity contribution >= 4 is 11.8 Å². The summed E-state index contributed by atoms with van der Waals surface area (Å²) in [5.41, 5.74) is 6.91. The van der Waals surface area contributed by atoms with E-state index in [2.05, 4.69) is 29.0 Å². The van der Waals surface area contributed by atoms with Crippen molar-refractivity contribution in [2.75, 3.05) is 7.11 Å². The standard InChI is InChI=1S/C24H23F2N3O4/c1-24(33-2,23(25)26)20(22(31)29-32)28-21(30)19-13-11-17(12-14-19)6-4-3-5-16-7-9-18(15-27)10-8-16/h7-14,20,23,32H,15,27H2,1-2H3,(H,28,30)(H,29,31)/t20-,24?/m1/s1. The molecular formula is C24H23F2N3O4. The molecule has 0 aliphatic rings. The predicted octanol–water partition coefficient (Wildman–Crippen LogP) is 1.82. The molecule has 2 amide bonds. The van der Waals surface area contributed by atoms with E-state index in [4.69, 9.17) is 15.7 Å². The maximum Gasteiger partial charge on any atom is 0.269 e. The fourth-order valence-electron chi connectivity index (χ4n) is 2.72. The van der Waals surface area contributed by atoms with Gasteiger partial charge < -0.3 is 15.8 Å². The van der Waals surface area contributed by atoms with Gasteiger partial charge in [-0.3, -0.25) is 14.8 Å². The minimum absolute atomic E-state index is 0.0927. The molecule has 0 heterocycles. The molecule has 0 saturated carbocycles. The van der Waals surface area contributed by atoms with Crippen LogP contribution in [0.25, 0.3) is 0 Å². The van der Waals surface area contributed by atoms with Crippen LogP contribution in [0.15, 0.2) is 48.5 Å². The van der Waals surface area contributed by atoms with Crippen molar-refractivity contribution in [3.63, 3.8) is 0 Å². The Bertz CT molecular complexity index is 1100. The summed E-state index contributed by atoms with van der Waals surface area (Å²) in [5.74, 6) is 9.11. The average molecular weight is 455 g/mol. The normalized spacial score (nSPS) is 12.9. The summed E-state index contributed by atoms with van der Waals surface area (Å²) in [6.07, 6.45) is -3.12. The monoisotopic (exact) mass is 455 g/mol. The third kappa shape index (κ3) is 6.61. The fraction of sp³-hybridized carbons (Fsp3) is 0.250. The largest absolute Gasteiger partial charge is 0.370 e. The molecule has 2 rings (SSSR count).